The molecule has 6 nitrogen and oxygen atoms in total. The summed E-state index contributed by atoms with van der Waals surface area (Å²) in [5.41, 5.74) is 2.30. The number of methoxy groups -OCH3 is 1. The first-order valence-corrected chi connectivity index (χ1v) is 7.10. The van der Waals surface area contributed by atoms with E-state index in [1.54, 1.807) is 14.0 Å². The Morgan fingerprint density at radius 2 is 2.09 bits per heavy atom. The number of benzene rings is 1. The molecule has 0 radical (unpaired) electrons. The lowest BCUT2D eigenvalue weighted by Crippen LogP contribution is -2.46. The van der Waals surface area contributed by atoms with Crippen LogP contribution in [0.15, 0.2) is 40.7 Å². The molecule has 1 unspecified atom stereocenters. The molecular formula is C16H18N2O4. The highest BCUT2D eigenvalue weighted by atomic mass is 16.5. The molecule has 116 valence electrons. The lowest BCUT2D eigenvalue weighted by Gasteiger charge is -2.31. The standard InChI is InChI=1S/C16H18N2O4/c1-10(19)13-9-22-16-14(7-21-8-15(16)18-13)17-11-3-5-12(20-2)6-4-11/h3-6,13,18H,7-9H2,1-2H3/b17-14+. The van der Waals surface area contributed by atoms with E-state index in [9.17, 15) is 4.79 Å². The summed E-state index contributed by atoms with van der Waals surface area (Å²) in [7, 11) is 1.62. The van der Waals surface area contributed by atoms with E-state index in [1.807, 2.05) is 24.3 Å². The van der Waals surface area contributed by atoms with Crippen molar-refractivity contribution < 1.29 is 19.0 Å². The highest BCUT2D eigenvalue weighted by molar-refractivity contribution is 6.02. The summed E-state index contributed by atoms with van der Waals surface area (Å²) in [6.07, 6.45) is 0. The highest BCUT2D eigenvalue weighted by Gasteiger charge is 2.30. The van der Waals surface area contributed by atoms with Gasteiger partial charge in [0.1, 0.15) is 24.1 Å². The minimum atomic E-state index is -0.317. The summed E-state index contributed by atoms with van der Waals surface area (Å²) in [6, 6.07) is 7.13. The fourth-order valence-electron chi connectivity index (χ4n) is 2.37. The van der Waals surface area contributed by atoms with Crippen molar-refractivity contribution in [3.05, 3.63) is 35.7 Å². The highest BCUT2D eigenvalue weighted by Crippen LogP contribution is 2.23. The van der Waals surface area contributed by atoms with E-state index in [4.69, 9.17) is 14.2 Å². The first kappa shape index (κ1) is 14.6. The molecule has 0 fully saturated rings. The Morgan fingerprint density at radius 3 is 2.77 bits per heavy atom. The predicted octanol–water partition coefficient (Wildman–Crippen LogP) is 1.59. The number of aliphatic imine (C=N–C) groups is 1. The monoisotopic (exact) mass is 302 g/mol. The number of ketones is 1. The maximum absolute atomic E-state index is 11.5. The number of hydrogen-bond donors (Lipinski definition) is 1. The van der Waals surface area contributed by atoms with Crippen LogP contribution in [0.25, 0.3) is 0 Å². The van der Waals surface area contributed by atoms with Crippen LogP contribution in [0.2, 0.25) is 0 Å². The molecule has 0 spiro atoms. The Hall–Kier alpha value is -2.34. The summed E-state index contributed by atoms with van der Waals surface area (Å²) in [5.74, 6) is 1.52. The molecule has 6 heteroatoms. The minimum Gasteiger partial charge on any atom is -0.497 e. The maximum atomic E-state index is 11.5. The Labute approximate surface area is 128 Å². The van der Waals surface area contributed by atoms with Gasteiger partial charge >= 0.3 is 0 Å². The second kappa shape index (κ2) is 6.19. The molecule has 2 aliphatic heterocycles. The maximum Gasteiger partial charge on any atom is 0.164 e. The zero-order chi connectivity index (χ0) is 15.5. The molecule has 0 aliphatic carbocycles. The second-order valence-corrected chi connectivity index (χ2v) is 5.18. The Morgan fingerprint density at radius 1 is 1.32 bits per heavy atom. The van der Waals surface area contributed by atoms with Crippen molar-refractivity contribution in [3.8, 4) is 5.75 Å². The molecule has 3 rings (SSSR count). The lowest BCUT2D eigenvalue weighted by molar-refractivity contribution is -0.120. The molecule has 0 saturated carbocycles. The van der Waals surface area contributed by atoms with Gasteiger partial charge in [0.25, 0.3) is 0 Å². The van der Waals surface area contributed by atoms with Crippen molar-refractivity contribution in [2.45, 2.75) is 13.0 Å². The van der Waals surface area contributed by atoms with Gasteiger partial charge in [-0.2, -0.15) is 0 Å². The van der Waals surface area contributed by atoms with Crippen LogP contribution in [0.5, 0.6) is 5.75 Å². The topological polar surface area (TPSA) is 69.1 Å². The van der Waals surface area contributed by atoms with E-state index in [-0.39, 0.29) is 11.8 Å². The number of nitrogens with one attached hydrogen (secondary N) is 1. The van der Waals surface area contributed by atoms with Crippen LogP contribution in [-0.4, -0.2) is 44.5 Å². The van der Waals surface area contributed by atoms with Crippen LogP contribution in [0, 0.1) is 0 Å². The normalized spacial score (nSPS) is 22.6. The number of carbonyl (C=O) groups excluding carboxylic acids is 1. The van der Waals surface area contributed by atoms with Crippen molar-refractivity contribution in [3.63, 3.8) is 0 Å². The van der Waals surface area contributed by atoms with Crippen molar-refractivity contribution in [2.24, 2.45) is 4.99 Å². The van der Waals surface area contributed by atoms with Crippen molar-refractivity contribution in [1.82, 2.24) is 5.32 Å². The molecule has 0 bridgehead atoms. The van der Waals surface area contributed by atoms with Crippen molar-refractivity contribution >= 4 is 17.2 Å². The van der Waals surface area contributed by atoms with Gasteiger partial charge in [-0.15, -0.1) is 0 Å². The van der Waals surface area contributed by atoms with Crippen LogP contribution in [0.3, 0.4) is 0 Å². The van der Waals surface area contributed by atoms with Gasteiger partial charge < -0.3 is 19.5 Å². The molecule has 0 amide bonds. The van der Waals surface area contributed by atoms with E-state index in [2.05, 4.69) is 10.3 Å². The SMILES string of the molecule is COc1ccc(/N=C2\COCC3=C2OCC(C(C)=O)N3)cc1. The largest absolute Gasteiger partial charge is 0.497 e. The van der Waals surface area contributed by atoms with Crippen LogP contribution in [0.1, 0.15) is 6.92 Å². The number of ether oxygens (including phenoxy) is 3. The smallest absolute Gasteiger partial charge is 0.164 e. The molecule has 0 saturated heterocycles. The van der Waals surface area contributed by atoms with E-state index in [0.717, 1.165) is 22.8 Å². The Bertz CT molecular complexity index is 634. The third-order valence-electron chi connectivity index (χ3n) is 3.59. The minimum absolute atomic E-state index is 0.0470. The molecule has 1 atom stereocenters. The zero-order valence-corrected chi connectivity index (χ0v) is 12.6. The van der Waals surface area contributed by atoms with Gasteiger partial charge in [0.05, 0.1) is 31.7 Å². The van der Waals surface area contributed by atoms with Gasteiger partial charge in [-0.3, -0.25) is 4.79 Å². The Kier molecular flexibility index (Phi) is 4.11. The number of rotatable bonds is 3. The fourth-order valence-corrected chi connectivity index (χ4v) is 2.37. The zero-order valence-electron chi connectivity index (χ0n) is 12.6. The molecule has 2 aliphatic rings. The van der Waals surface area contributed by atoms with Crippen molar-refractivity contribution in [2.75, 3.05) is 26.9 Å². The van der Waals surface area contributed by atoms with Gasteiger partial charge in [0.15, 0.2) is 11.5 Å². The number of Topliss-reactive ketones (excluding diaryl/α,β-unsaturated/α-hetero) is 1. The molecule has 0 aromatic heterocycles. The summed E-state index contributed by atoms with van der Waals surface area (Å²) in [5, 5.41) is 3.17. The average Bonchev–Trinajstić information content (AvgIpc) is 2.55. The lowest BCUT2D eigenvalue weighted by atomic mass is 10.1. The summed E-state index contributed by atoms with van der Waals surface area (Å²) in [6.45, 7) is 2.65. The fraction of sp³-hybridized carbons (Fsp3) is 0.375. The Balaban J connectivity index is 1.85. The number of nitrogens with zero attached hydrogens (tertiary/aromatic N) is 1. The van der Waals surface area contributed by atoms with Gasteiger partial charge in [-0.25, -0.2) is 4.99 Å². The molecule has 1 N–H and O–H groups in total. The first-order valence-electron chi connectivity index (χ1n) is 7.10. The van der Waals surface area contributed by atoms with E-state index in [1.165, 1.54) is 0 Å². The van der Waals surface area contributed by atoms with Gasteiger partial charge in [-0.1, -0.05) is 0 Å². The summed E-state index contributed by atoms with van der Waals surface area (Å²) in [4.78, 5) is 16.0. The molecule has 2 heterocycles. The summed E-state index contributed by atoms with van der Waals surface area (Å²) < 4.78 is 16.4. The quantitative estimate of drug-likeness (QED) is 0.918. The number of carbonyl (C=O) groups is 1. The van der Waals surface area contributed by atoms with E-state index >= 15 is 0 Å². The molecule has 22 heavy (non-hydrogen) atoms. The van der Waals surface area contributed by atoms with Crippen LogP contribution in [-0.2, 0) is 14.3 Å². The van der Waals surface area contributed by atoms with Gasteiger partial charge in [-0.05, 0) is 31.2 Å². The third-order valence-corrected chi connectivity index (χ3v) is 3.59. The third kappa shape index (κ3) is 2.96. The van der Waals surface area contributed by atoms with Gasteiger partial charge in [0, 0.05) is 0 Å². The first-order chi connectivity index (χ1) is 10.7. The van der Waals surface area contributed by atoms with E-state index in [0.29, 0.717) is 25.6 Å². The molecule has 1 aromatic carbocycles. The van der Waals surface area contributed by atoms with Gasteiger partial charge in [0.2, 0.25) is 0 Å². The van der Waals surface area contributed by atoms with Crippen molar-refractivity contribution in [1.29, 1.82) is 0 Å². The summed E-state index contributed by atoms with van der Waals surface area (Å²) >= 11 is 0. The van der Waals surface area contributed by atoms with Crippen LogP contribution in [0.4, 0.5) is 5.69 Å². The predicted molar refractivity (Wildman–Crippen MR) is 81.5 cm³/mol. The second-order valence-electron chi connectivity index (χ2n) is 5.18. The molecular weight excluding hydrogens is 284 g/mol. The van der Waals surface area contributed by atoms with E-state index < -0.39 is 0 Å². The molecule has 1 aromatic rings. The van der Waals surface area contributed by atoms with Crippen LogP contribution >= 0.6 is 0 Å². The van der Waals surface area contributed by atoms with Crippen LogP contribution < -0.4 is 10.1 Å². The number of hydrogen-bond acceptors (Lipinski definition) is 6. The average molecular weight is 302 g/mol.